The number of hydrogen-bond acceptors (Lipinski definition) is 6. The third-order valence-corrected chi connectivity index (χ3v) is 7.98. The van der Waals surface area contributed by atoms with Crippen molar-refractivity contribution in [3.05, 3.63) is 15.8 Å². The van der Waals surface area contributed by atoms with Gasteiger partial charge in [0.2, 0.25) is 10.0 Å². The monoisotopic (exact) mass is 352 g/mol. The Bertz CT molecular complexity index is 693. The molecule has 1 aliphatic rings. The van der Waals surface area contributed by atoms with Crippen LogP contribution in [0, 0.1) is 6.92 Å². The summed E-state index contributed by atoms with van der Waals surface area (Å²) in [7, 11) is -4.77. The van der Waals surface area contributed by atoms with Crippen molar-refractivity contribution in [3.63, 3.8) is 0 Å². The predicted molar refractivity (Wildman–Crippen MR) is 83.8 cm³/mol. The summed E-state index contributed by atoms with van der Waals surface area (Å²) in [6.45, 7) is 2.41. The van der Waals surface area contributed by atoms with Crippen LogP contribution in [0.15, 0.2) is 11.0 Å². The maximum absolute atomic E-state index is 12.4. The van der Waals surface area contributed by atoms with Gasteiger partial charge in [0.05, 0.1) is 16.4 Å². The summed E-state index contributed by atoms with van der Waals surface area (Å²) in [6.07, 6.45) is 0.683. The van der Waals surface area contributed by atoms with Crippen LogP contribution in [-0.4, -0.2) is 41.4 Å². The molecule has 120 valence electrons. The van der Waals surface area contributed by atoms with E-state index in [-0.39, 0.29) is 17.5 Å². The van der Waals surface area contributed by atoms with E-state index in [0.717, 1.165) is 9.75 Å². The summed E-state index contributed by atoms with van der Waals surface area (Å²) in [5.74, 6) is 0.0988. The van der Waals surface area contributed by atoms with Gasteiger partial charge in [-0.2, -0.15) is 0 Å². The number of nitrogens with one attached hydrogen (secondary N) is 2. The molecule has 9 heteroatoms. The van der Waals surface area contributed by atoms with E-state index >= 15 is 0 Å². The highest BCUT2D eigenvalue weighted by Gasteiger charge is 2.28. The molecular formula is C12H20N2O4S3. The molecule has 0 saturated carbocycles. The van der Waals surface area contributed by atoms with Gasteiger partial charge in [-0.3, -0.25) is 0 Å². The Morgan fingerprint density at radius 1 is 1.33 bits per heavy atom. The Morgan fingerprint density at radius 3 is 2.52 bits per heavy atom. The smallest absolute Gasteiger partial charge is 0.241 e. The standard InChI is InChI=1S/C12H20N2O4S3/c1-9-12(7-11(19-9)8-13-2)21(17,18)14-10-3-5-20(15,16)6-4-10/h7,10,13-14H,3-6,8H2,1-2H3. The van der Waals surface area contributed by atoms with Crippen LogP contribution in [0.5, 0.6) is 0 Å². The van der Waals surface area contributed by atoms with Crippen molar-refractivity contribution in [3.8, 4) is 0 Å². The first-order valence-corrected chi connectivity index (χ1v) is 10.8. The molecule has 0 bridgehead atoms. The first kappa shape index (κ1) is 16.9. The minimum Gasteiger partial charge on any atom is -0.315 e. The quantitative estimate of drug-likeness (QED) is 0.811. The van der Waals surface area contributed by atoms with Gasteiger partial charge in [0.15, 0.2) is 0 Å². The molecule has 21 heavy (non-hydrogen) atoms. The first-order chi connectivity index (χ1) is 9.73. The van der Waals surface area contributed by atoms with Gasteiger partial charge in [0.1, 0.15) is 9.84 Å². The van der Waals surface area contributed by atoms with E-state index in [1.807, 2.05) is 7.05 Å². The third kappa shape index (κ3) is 4.26. The maximum Gasteiger partial charge on any atom is 0.241 e. The van der Waals surface area contributed by atoms with Gasteiger partial charge in [-0.05, 0) is 32.9 Å². The van der Waals surface area contributed by atoms with E-state index < -0.39 is 19.9 Å². The molecule has 2 heterocycles. The van der Waals surface area contributed by atoms with Gasteiger partial charge in [-0.15, -0.1) is 11.3 Å². The van der Waals surface area contributed by atoms with Gasteiger partial charge in [-0.25, -0.2) is 21.6 Å². The number of sulfone groups is 1. The minimum absolute atomic E-state index is 0.0494. The normalized spacial score (nSPS) is 19.7. The molecule has 2 N–H and O–H groups in total. The molecular weight excluding hydrogens is 332 g/mol. The molecule has 0 unspecified atom stereocenters. The molecule has 1 aliphatic heterocycles. The topological polar surface area (TPSA) is 92.3 Å². The predicted octanol–water partition coefficient (Wildman–Crippen LogP) is 0.631. The second kappa shape index (κ2) is 6.33. The van der Waals surface area contributed by atoms with Crippen molar-refractivity contribution < 1.29 is 16.8 Å². The van der Waals surface area contributed by atoms with Crippen molar-refractivity contribution in [2.45, 2.75) is 37.2 Å². The van der Waals surface area contributed by atoms with Crippen LogP contribution in [0.2, 0.25) is 0 Å². The fourth-order valence-corrected chi connectivity index (χ4v) is 6.79. The number of rotatable bonds is 5. The lowest BCUT2D eigenvalue weighted by Crippen LogP contribution is -2.40. The van der Waals surface area contributed by atoms with Gasteiger partial charge < -0.3 is 5.32 Å². The van der Waals surface area contributed by atoms with Crippen molar-refractivity contribution in [2.24, 2.45) is 0 Å². The van der Waals surface area contributed by atoms with Crippen LogP contribution in [0.4, 0.5) is 0 Å². The fourth-order valence-electron chi connectivity index (χ4n) is 2.34. The average molecular weight is 353 g/mol. The SMILES string of the molecule is CNCc1cc(S(=O)(=O)NC2CCS(=O)(=O)CC2)c(C)s1. The van der Waals surface area contributed by atoms with Crippen LogP contribution in [0.25, 0.3) is 0 Å². The molecule has 0 aliphatic carbocycles. The summed E-state index contributed by atoms with van der Waals surface area (Å²) in [6, 6.07) is 1.38. The summed E-state index contributed by atoms with van der Waals surface area (Å²) in [5.41, 5.74) is 0. The molecule has 6 nitrogen and oxygen atoms in total. The lowest BCUT2D eigenvalue weighted by molar-refractivity contribution is 0.505. The third-order valence-electron chi connectivity index (χ3n) is 3.44. The van der Waals surface area contributed by atoms with E-state index in [1.54, 1.807) is 13.0 Å². The van der Waals surface area contributed by atoms with Crippen molar-refractivity contribution >= 4 is 31.2 Å². The number of thiophene rings is 1. The second-order valence-electron chi connectivity index (χ2n) is 5.21. The molecule has 0 amide bonds. The Balaban J connectivity index is 2.12. The minimum atomic E-state index is -3.59. The van der Waals surface area contributed by atoms with Crippen LogP contribution in [-0.2, 0) is 26.4 Å². The van der Waals surface area contributed by atoms with E-state index in [2.05, 4.69) is 10.0 Å². The first-order valence-electron chi connectivity index (χ1n) is 6.70. The van der Waals surface area contributed by atoms with Crippen LogP contribution < -0.4 is 10.0 Å². The Morgan fingerprint density at radius 2 is 1.95 bits per heavy atom. The summed E-state index contributed by atoms with van der Waals surface area (Å²) in [4.78, 5) is 2.00. The van der Waals surface area contributed by atoms with E-state index in [9.17, 15) is 16.8 Å². The Labute approximate surface area is 129 Å². The molecule has 0 atom stereocenters. The number of hydrogen-bond donors (Lipinski definition) is 2. The van der Waals surface area contributed by atoms with Gasteiger partial charge in [0.25, 0.3) is 0 Å². The van der Waals surface area contributed by atoms with Crippen molar-refractivity contribution in [1.29, 1.82) is 0 Å². The van der Waals surface area contributed by atoms with Gasteiger partial charge in [0, 0.05) is 22.3 Å². The van der Waals surface area contributed by atoms with Crippen LogP contribution in [0.3, 0.4) is 0 Å². The van der Waals surface area contributed by atoms with Crippen LogP contribution in [0.1, 0.15) is 22.6 Å². The highest BCUT2D eigenvalue weighted by Crippen LogP contribution is 2.26. The highest BCUT2D eigenvalue weighted by molar-refractivity contribution is 7.91. The highest BCUT2D eigenvalue weighted by atomic mass is 32.2. The zero-order valence-electron chi connectivity index (χ0n) is 12.0. The summed E-state index contributed by atoms with van der Waals surface area (Å²) < 4.78 is 50.2. The Hall–Kier alpha value is -0.480. The molecule has 1 fully saturated rings. The van der Waals surface area contributed by atoms with Crippen LogP contribution >= 0.6 is 11.3 Å². The van der Waals surface area contributed by atoms with Gasteiger partial charge >= 0.3 is 0 Å². The molecule has 0 radical (unpaired) electrons. The van der Waals surface area contributed by atoms with E-state index in [4.69, 9.17) is 0 Å². The van der Waals surface area contributed by atoms with E-state index in [1.165, 1.54) is 11.3 Å². The van der Waals surface area contributed by atoms with E-state index in [0.29, 0.717) is 24.3 Å². The average Bonchev–Trinajstić information content (AvgIpc) is 2.74. The number of sulfonamides is 1. The summed E-state index contributed by atoms with van der Waals surface area (Å²) in [5, 5.41) is 2.99. The fraction of sp³-hybridized carbons (Fsp3) is 0.667. The largest absolute Gasteiger partial charge is 0.315 e. The van der Waals surface area contributed by atoms with Gasteiger partial charge in [-0.1, -0.05) is 0 Å². The Kier molecular flexibility index (Phi) is 5.09. The molecule has 2 rings (SSSR count). The molecule has 0 aromatic carbocycles. The lowest BCUT2D eigenvalue weighted by atomic mass is 10.2. The second-order valence-corrected chi connectivity index (χ2v) is 10.5. The lowest BCUT2D eigenvalue weighted by Gasteiger charge is -2.22. The molecule has 1 aromatic heterocycles. The van der Waals surface area contributed by atoms with Crippen molar-refractivity contribution in [2.75, 3.05) is 18.6 Å². The zero-order valence-corrected chi connectivity index (χ0v) is 14.5. The molecule has 1 saturated heterocycles. The number of aryl methyl sites for hydroxylation is 1. The molecule has 0 spiro atoms. The maximum atomic E-state index is 12.4. The molecule has 1 aromatic rings. The van der Waals surface area contributed by atoms with Crippen molar-refractivity contribution in [1.82, 2.24) is 10.0 Å². The summed E-state index contributed by atoms with van der Waals surface area (Å²) >= 11 is 1.45. The zero-order chi connectivity index (χ0) is 15.7.